The van der Waals surface area contributed by atoms with Crippen LogP contribution < -0.4 is 20.1 Å². The number of fused-ring (bicyclic) bond motifs is 1. The number of halogens is 3. The summed E-state index contributed by atoms with van der Waals surface area (Å²) in [6.07, 6.45) is -4.41. The molecule has 0 saturated heterocycles. The van der Waals surface area contributed by atoms with Crippen LogP contribution in [0.25, 0.3) is 0 Å². The van der Waals surface area contributed by atoms with E-state index in [0.717, 1.165) is 0 Å². The third-order valence-electron chi connectivity index (χ3n) is 2.31. The summed E-state index contributed by atoms with van der Waals surface area (Å²) in [4.78, 5) is 11.2. The van der Waals surface area contributed by atoms with Crippen molar-refractivity contribution in [1.29, 1.82) is 0 Å². The van der Waals surface area contributed by atoms with Gasteiger partial charge in [0.25, 0.3) is 0 Å². The van der Waals surface area contributed by atoms with Crippen LogP contribution in [-0.2, 0) is 4.79 Å². The molecule has 0 saturated carbocycles. The van der Waals surface area contributed by atoms with Crippen molar-refractivity contribution in [2.45, 2.75) is 6.18 Å². The Bertz CT molecular complexity index is 477. The smallest absolute Gasteiger partial charge is 0.405 e. The molecule has 1 aromatic rings. The average Bonchev–Trinajstić information content (AvgIpc) is 2.80. The first-order chi connectivity index (χ1) is 8.94. The zero-order valence-electron chi connectivity index (χ0n) is 9.71. The van der Waals surface area contributed by atoms with Crippen LogP contribution in [-0.4, -0.2) is 32.0 Å². The highest BCUT2D eigenvalue weighted by molar-refractivity contribution is 5.80. The van der Waals surface area contributed by atoms with E-state index < -0.39 is 18.6 Å². The molecule has 0 aliphatic carbocycles. The van der Waals surface area contributed by atoms with E-state index in [0.29, 0.717) is 17.2 Å². The number of ether oxygens (including phenoxy) is 2. The topological polar surface area (TPSA) is 59.6 Å². The zero-order chi connectivity index (χ0) is 13.9. The fourth-order valence-electron chi connectivity index (χ4n) is 1.45. The molecule has 0 fully saturated rings. The minimum absolute atomic E-state index is 0.130. The maximum absolute atomic E-state index is 11.9. The lowest BCUT2D eigenvalue weighted by Gasteiger charge is -2.10. The van der Waals surface area contributed by atoms with Gasteiger partial charge in [-0.25, -0.2) is 0 Å². The number of carbonyl (C=O) groups is 1. The molecule has 1 aliphatic heterocycles. The first-order valence-corrected chi connectivity index (χ1v) is 5.41. The Morgan fingerprint density at radius 2 is 2.00 bits per heavy atom. The van der Waals surface area contributed by atoms with Gasteiger partial charge >= 0.3 is 6.18 Å². The molecule has 1 aliphatic rings. The Balaban J connectivity index is 1.81. The minimum atomic E-state index is -4.41. The largest absolute Gasteiger partial charge is 0.454 e. The number of hydrogen-bond donors (Lipinski definition) is 2. The number of benzene rings is 1. The molecular weight excluding hydrogens is 265 g/mol. The van der Waals surface area contributed by atoms with Crippen LogP contribution in [0.1, 0.15) is 0 Å². The molecule has 2 N–H and O–H groups in total. The number of alkyl halides is 3. The second kappa shape index (κ2) is 5.25. The van der Waals surface area contributed by atoms with Crippen molar-refractivity contribution in [3.8, 4) is 11.5 Å². The fourth-order valence-corrected chi connectivity index (χ4v) is 1.45. The Kier molecular flexibility index (Phi) is 3.68. The van der Waals surface area contributed by atoms with Crippen molar-refractivity contribution in [2.24, 2.45) is 0 Å². The van der Waals surface area contributed by atoms with Gasteiger partial charge in [0.2, 0.25) is 12.7 Å². The lowest BCUT2D eigenvalue weighted by atomic mass is 10.3. The number of carbonyl (C=O) groups excluding carboxylic acids is 1. The van der Waals surface area contributed by atoms with E-state index in [9.17, 15) is 18.0 Å². The fraction of sp³-hybridized carbons (Fsp3) is 0.364. The van der Waals surface area contributed by atoms with Crippen LogP contribution in [0.2, 0.25) is 0 Å². The van der Waals surface area contributed by atoms with Gasteiger partial charge in [0, 0.05) is 11.8 Å². The summed E-state index contributed by atoms with van der Waals surface area (Å²) < 4.78 is 45.8. The zero-order valence-corrected chi connectivity index (χ0v) is 9.71. The Labute approximate surface area is 106 Å². The number of hydrogen-bond acceptors (Lipinski definition) is 4. The molecule has 0 aromatic heterocycles. The van der Waals surface area contributed by atoms with Gasteiger partial charge in [-0.05, 0) is 12.1 Å². The molecular formula is C11H11F3N2O3. The van der Waals surface area contributed by atoms with Crippen molar-refractivity contribution < 1.29 is 27.4 Å². The van der Waals surface area contributed by atoms with E-state index in [-0.39, 0.29) is 13.3 Å². The molecule has 1 heterocycles. The van der Waals surface area contributed by atoms with Crippen LogP contribution in [0, 0.1) is 0 Å². The highest BCUT2D eigenvalue weighted by Gasteiger charge is 2.27. The van der Waals surface area contributed by atoms with Crippen LogP contribution in [0.5, 0.6) is 11.5 Å². The SMILES string of the molecule is O=C(CNc1ccc2c(c1)OCO2)NCC(F)(F)F. The predicted octanol–water partition coefficient (Wildman–Crippen LogP) is 1.51. The molecule has 1 amide bonds. The summed E-state index contributed by atoms with van der Waals surface area (Å²) in [7, 11) is 0. The maximum Gasteiger partial charge on any atom is 0.405 e. The molecule has 0 spiro atoms. The Morgan fingerprint density at radius 1 is 1.26 bits per heavy atom. The van der Waals surface area contributed by atoms with Crippen molar-refractivity contribution in [3.63, 3.8) is 0 Å². The van der Waals surface area contributed by atoms with E-state index in [2.05, 4.69) is 5.32 Å². The van der Waals surface area contributed by atoms with Crippen LogP contribution in [0.15, 0.2) is 18.2 Å². The molecule has 1 aromatic carbocycles. The number of amides is 1. The van der Waals surface area contributed by atoms with Crippen LogP contribution in [0.3, 0.4) is 0 Å². The molecule has 104 valence electrons. The molecule has 0 bridgehead atoms. The normalized spacial score (nSPS) is 13.2. The summed E-state index contributed by atoms with van der Waals surface area (Å²) in [5.74, 6) is 0.378. The van der Waals surface area contributed by atoms with Gasteiger partial charge in [-0.2, -0.15) is 13.2 Å². The number of anilines is 1. The summed E-state index contributed by atoms with van der Waals surface area (Å²) in [5, 5.41) is 4.46. The molecule has 8 heteroatoms. The average molecular weight is 276 g/mol. The van der Waals surface area contributed by atoms with Gasteiger partial charge in [-0.1, -0.05) is 0 Å². The first kappa shape index (κ1) is 13.3. The van der Waals surface area contributed by atoms with Gasteiger partial charge in [0.15, 0.2) is 11.5 Å². The molecule has 0 unspecified atom stereocenters. The third kappa shape index (κ3) is 3.94. The van der Waals surface area contributed by atoms with Crippen LogP contribution in [0.4, 0.5) is 18.9 Å². The van der Waals surface area contributed by atoms with E-state index in [1.54, 1.807) is 23.5 Å². The summed E-state index contributed by atoms with van der Waals surface area (Å²) in [6.45, 7) is -1.46. The van der Waals surface area contributed by atoms with E-state index in [1.165, 1.54) is 0 Å². The summed E-state index contributed by atoms with van der Waals surface area (Å²) in [6, 6.07) is 4.90. The van der Waals surface area contributed by atoms with Gasteiger partial charge in [-0.3, -0.25) is 4.79 Å². The second-order valence-electron chi connectivity index (χ2n) is 3.81. The summed E-state index contributed by atoms with van der Waals surface area (Å²) >= 11 is 0. The molecule has 2 rings (SSSR count). The van der Waals surface area contributed by atoms with Crippen molar-refractivity contribution in [2.75, 3.05) is 25.2 Å². The van der Waals surface area contributed by atoms with Gasteiger partial charge in [-0.15, -0.1) is 0 Å². The maximum atomic E-state index is 11.9. The van der Waals surface area contributed by atoms with Gasteiger partial charge in [0.05, 0.1) is 6.54 Å². The molecule has 5 nitrogen and oxygen atoms in total. The minimum Gasteiger partial charge on any atom is -0.454 e. The highest BCUT2D eigenvalue weighted by Crippen LogP contribution is 2.34. The molecule has 0 radical (unpaired) electrons. The lowest BCUT2D eigenvalue weighted by molar-refractivity contribution is -0.137. The quantitative estimate of drug-likeness (QED) is 0.875. The van der Waals surface area contributed by atoms with Crippen LogP contribution >= 0.6 is 0 Å². The predicted molar refractivity (Wildman–Crippen MR) is 60.1 cm³/mol. The van der Waals surface area contributed by atoms with Gasteiger partial charge in [0.1, 0.15) is 6.54 Å². The highest BCUT2D eigenvalue weighted by atomic mass is 19.4. The number of rotatable bonds is 4. The first-order valence-electron chi connectivity index (χ1n) is 5.41. The number of nitrogens with one attached hydrogen (secondary N) is 2. The monoisotopic (exact) mass is 276 g/mol. The summed E-state index contributed by atoms with van der Waals surface area (Å²) in [5.41, 5.74) is 0.561. The Morgan fingerprint density at radius 3 is 2.74 bits per heavy atom. The van der Waals surface area contributed by atoms with Crippen molar-refractivity contribution in [1.82, 2.24) is 5.32 Å². The lowest BCUT2D eigenvalue weighted by Crippen LogP contribution is -2.37. The van der Waals surface area contributed by atoms with E-state index in [4.69, 9.17) is 9.47 Å². The van der Waals surface area contributed by atoms with Gasteiger partial charge < -0.3 is 20.1 Å². The third-order valence-corrected chi connectivity index (χ3v) is 2.31. The van der Waals surface area contributed by atoms with Crippen molar-refractivity contribution in [3.05, 3.63) is 18.2 Å². The standard InChI is InChI=1S/C11H11F3N2O3/c12-11(13,14)5-16-10(17)4-15-7-1-2-8-9(3-7)19-6-18-8/h1-3,15H,4-6H2,(H,16,17). The van der Waals surface area contributed by atoms with E-state index in [1.807, 2.05) is 0 Å². The molecule has 19 heavy (non-hydrogen) atoms. The second-order valence-corrected chi connectivity index (χ2v) is 3.81. The van der Waals surface area contributed by atoms with Crippen molar-refractivity contribution >= 4 is 11.6 Å². The van der Waals surface area contributed by atoms with E-state index >= 15 is 0 Å². The Hall–Kier alpha value is -2.12. The molecule has 0 atom stereocenters.